The van der Waals surface area contributed by atoms with Gasteiger partial charge in [0.25, 0.3) is 0 Å². The van der Waals surface area contributed by atoms with Gasteiger partial charge in [-0.05, 0) is 42.3 Å². The van der Waals surface area contributed by atoms with Gasteiger partial charge in [0.2, 0.25) is 5.91 Å². The van der Waals surface area contributed by atoms with E-state index in [2.05, 4.69) is 16.2 Å². The van der Waals surface area contributed by atoms with E-state index >= 15 is 0 Å². The smallest absolute Gasteiger partial charge is 0.226 e. The van der Waals surface area contributed by atoms with Crippen molar-refractivity contribution in [3.63, 3.8) is 0 Å². The Bertz CT molecular complexity index is 722. The minimum absolute atomic E-state index is 0.0608. The van der Waals surface area contributed by atoms with Crippen LogP contribution in [0.15, 0.2) is 48.5 Å². The first kappa shape index (κ1) is 16.9. The molecular weight excluding hydrogens is 329 g/mol. The molecule has 2 aromatic carbocycles. The van der Waals surface area contributed by atoms with E-state index in [4.69, 9.17) is 11.6 Å². The average Bonchev–Trinajstić information content (AvgIpc) is 3.05. The molecule has 3 atom stereocenters. The zero-order chi connectivity index (χ0) is 17.1. The minimum atomic E-state index is -0.291. The Morgan fingerprint density at radius 1 is 1.29 bits per heavy atom. The van der Waals surface area contributed by atoms with Gasteiger partial charge in [-0.2, -0.15) is 0 Å². The molecule has 24 heavy (non-hydrogen) atoms. The van der Waals surface area contributed by atoms with Gasteiger partial charge in [-0.3, -0.25) is 10.2 Å². The van der Waals surface area contributed by atoms with Crippen LogP contribution >= 0.6 is 11.6 Å². The lowest BCUT2D eigenvalue weighted by molar-refractivity contribution is -0.125. The van der Waals surface area contributed by atoms with Crippen molar-refractivity contribution in [2.24, 2.45) is 5.92 Å². The number of carbonyl (C=O) groups excluding carboxylic acids is 1. The van der Waals surface area contributed by atoms with Gasteiger partial charge in [0.1, 0.15) is 5.82 Å². The summed E-state index contributed by atoms with van der Waals surface area (Å²) in [5, 5.41) is 3.67. The minimum Gasteiger partial charge on any atom is -0.349 e. The second-order valence-electron chi connectivity index (χ2n) is 5.95. The van der Waals surface area contributed by atoms with Crippen LogP contribution in [0.25, 0.3) is 0 Å². The lowest BCUT2D eigenvalue weighted by atomic mass is 9.93. The van der Waals surface area contributed by atoms with Gasteiger partial charge in [0.15, 0.2) is 0 Å². The summed E-state index contributed by atoms with van der Waals surface area (Å²) in [7, 11) is 0. The number of nitrogens with one attached hydrogen (secondary N) is 3. The maximum absolute atomic E-state index is 13.1. The van der Waals surface area contributed by atoms with Gasteiger partial charge in [-0.1, -0.05) is 35.9 Å². The van der Waals surface area contributed by atoms with Gasteiger partial charge in [-0.15, -0.1) is 0 Å². The molecule has 1 aliphatic rings. The highest BCUT2D eigenvalue weighted by atomic mass is 35.5. The molecule has 0 aromatic heterocycles. The van der Waals surface area contributed by atoms with Crippen molar-refractivity contribution in [1.82, 2.24) is 16.2 Å². The van der Waals surface area contributed by atoms with Crippen LogP contribution in [0.2, 0.25) is 5.02 Å². The summed E-state index contributed by atoms with van der Waals surface area (Å²) in [4.78, 5) is 12.7. The second kappa shape index (κ2) is 7.30. The monoisotopic (exact) mass is 347 g/mol. The molecule has 4 nitrogen and oxygen atoms in total. The van der Waals surface area contributed by atoms with E-state index in [1.807, 2.05) is 25.1 Å². The molecule has 1 heterocycles. The first-order valence-electron chi connectivity index (χ1n) is 7.84. The largest absolute Gasteiger partial charge is 0.349 e. The molecule has 1 amide bonds. The van der Waals surface area contributed by atoms with E-state index in [0.717, 1.165) is 11.1 Å². The fourth-order valence-corrected chi connectivity index (χ4v) is 3.11. The van der Waals surface area contributed by atoms with E-state index in [0.29, 0.717) is 11.6 Å². The summed E-state index contributed by atoms with van der Waals surface area (Å²) in [6, 6.07) is 13.3. The topological polar surface area (TPSA) is 53.2 Å². The molecule has 0 bridgehead atoms. The van der Waals surface area contributed by atoms with E-state index in [1.54, 1.807) is 18.2 Å². The van der Waals surface area contributed by atoms with Crippen molar-refractivity contribution in [2.75, 3.05) is 6.54 Å². The highest BCUT2D eigenvalue weighted by molar-refractivity contribution is 6.30. The Hall–Kier alpha value is -1.95. The van der Waals surface area contributed by atoms with Crippen LogP contribution in [0.1, 0.15) is 30.1 Å². The van der Waals surface area contributed by atoms with Crippen LogP contribution in [0.3, 0.4) is 0 Å². The third-order valence-corrected chi connectivity index (χ3v) is 4.49. The summed E-state index contributed by atoms with van der Waals surface area (Å²) >= 11 is 6.01. The van der Waals surface area contributed by atoms with Crippen molar-refractivity contribution in [3.8, 4) is 0 Å². The van der Waals surface area contributed by atoms with Crippen LogP contribution < -0.4 is 16.2 Å². The molecule has 1 saturated heterocycles. The van der Waals surface area contributed by atoms with Gasteiger partial charge in [-0.25, -0.2) is 9.82 Å². The lowest BCUT2D eigenvalue weighted by Gasteiger charge is -2.21. The molecule has 0 radical (unpaired) electrons. The number of halogens is 2. The van der Waals surface area contributed by atoms with Crippen molar-refractivity contribution in [1.29, 1.82) is 0 Å². The van der Waals surface area contributed by atoms with Crippen LogP contribution in [-0.4, -0.2) is 12.5 Å². The molecule has 126 valence electrons. The zero-order valence-corrected chi connectivity index (χ0v) is 14.0. The fourth-order valence-electron chi connectivity index (χ4n) is 2.91. The highest BCUT2D eigenvalue weighted by Crippen LogP contribution is 2.26. The molecule has 0 spiro atoms. The number of hydrogen-bond acceptors (Lipinski definition) is 3. The number of benzene rings is 2. The van der Waals surface area contributed by atoms with Crippen LogP contribution in [-0.2, 0) is 4.79 Å². The molecule has 1 fully saturated rings. The standard InChI is InChI=1S/C18H19ClFN3O/c1-11(13-3-2-4-14(19)9-13)22-18(24)16-10-21-23-17(16)12-5-7-15(20)8-6-12/h2-9,11,16-17,21,23H,10H2,1H3,(H,22,24). The Kier molecular flexibility index (Phi) is 5.14. The van der Waals surface area contributed by atoms with Crippen molar-refractivity contribution in [2.45, 2.75) is 19.0 Å². The zero-order valence-electron chi connectivity index (χ0n) is 13.2. The maximum atomic E-state index is 13.1. The number of carbonyl (C=O) groups is 1. The van der Waals surface area contributed by atoms with Crippen LogP contribution in [0.4, 0.5) is 4.39 Å². The first-order valence-corrected chi connectivity index (χ1v) is 8.22. The molecule has 0 aliphatic carbocycles. The molecule has 3 unspecified atom stereocenters. The second-order valence-corrected chi connectivity index (χ2v) is 6.38. The number of hydrazine groups is 1. The van der Waals surface area contributed by atoms with Crippen LogP contribution in [0.5, 0.6) is 0 Å². The van der Waals surface area contributed by atoms with Gasteiger partial charge in [0.05, 0.1) is 18.0 Å². The molecule has 0 saturated carbocycles. The Morgan fingerprint density at radius 2 is 2.04 bits per heavy atom. The number of hydrogen-bond donors (Lipinski definition) is 3. The lowest BCUT2D eigenvalue weighted by Crippen LogP contribution is -2.36. The van der Waals surface area contributed by atoms with E-state index < -0.39 is 0 Å². The van der Waals surface area contributed by atoms with Gasteiger partial charge < -0.3 is 5.32 Å². The molecule has 3 rings (SSSR count). The third-order valence-electron chi connectivity index (χ3n) is 4.26. The third kappa shape index (κ3) is 3.75. The summed E-state index contributed by atoms with van der Waals surface area (Å²) < 4.78 is 13.1. The molecule has 3 N–H and O–H groups in total. The molecular formula is C18H19ClFN3O. The molecule has 6 heteroatoms. The van der Waals surface area contributed by atoms with Crippen LogP contribution in [0, 0.1) is 11.7 Å². The number of rotatable bonds is 4. The van der Waals surface area contributed by atoms with Gasteiger partial charge >= 0.3 is 0 Å². The average molecular weight is 348 g/mol. The SMILES string of the molecule is CC(NC(=O)C1CNNC1c1ccc(F)cc1)c1cccc(Cl)c1. The predicted octanol–water partition coefficient (Wildman–Crippen LogP) is 3.12. The summed E-state index contributed by atoms with van der Waals surface area (Å²) in [5.41, 5.74) is 7.93. The van der Waals surface area contributed by atoms with Gasteiger partial charge in [0, 0.05) is 11.6 Å². The van der Waals surface area contributed by atoms with E-state index in [9.17, 15) is 9.18 Å². The van der Waals surface area contributed by atoms with Crippen molar-refractivity contribution in [3.05, 3.63) is 70.5 Å². The highest BCUT2D eigenvalue weighted by Gasteiger charge is 2.34. The Balaban J connectivity index is 1.70. The summed E-state index contributed by atoms with van der Waals surface area (Å²) in [5.74, 6) is -0.633. The maximum Gasteiger partial charge on any atom is 0.226 e. The van der Waals surface area contributed by atoms with E-state index in [-0.39, 0.29) is 29.7 Å². The molecule has 1 aliphatic heterocycles. The first-order chi connectivity index (χ1) is 11.5. The predicted molar refractivity (Wildman–Crippen MR) is 91.8 cm³/mol. The summed E-state index contributed by atoms with van der Waals surface area (Å²) in [6.07, 6.45) is 0. The normalized spacial score (nSPS) is 21.5. The Labute approximate surface area is 145 Å². The van der Waals surface area contributed by atoms with Crippen molar-refractivity contribution >= 4 is 17.5 Å². The fraction of sp³-hybridized carbons (Fsp3) is 0.278. The Morgan fingerprint density at radius 3 is 2.75 bits per heavy atom. The molecule has 2 aromatic rings. The van der Waals surface area contributed by atoms with Crippen molar-refractivity contribution < 1.29 is 9.18 Å². The van der Waals surface area contributed by atoms with E-state index in [1.165, 1.54) is 12.1 Å². The number of amides is 1. The quantitative estimate of drug-likeness (QED) is 0.796. The summed E-state index contributed by atoms with van der Waals surface area (Å²) in [6.45, 7) is 2.43.